The highest BCUT2D eigenvalue weighted by atomic mass is 32.2. The zero-order valence-corrected chi connectivity index (χ0v) is 14.8. The Balaban J connectivity index is 2.18. The summed E-state index contributed by atoms with van der Waals surface area (Å²) in [6, 6.07) is 6.63. The third-order valence-corrected chi connectivity index (χ3v) is 4.71. The quantitative estimate of drug-likeness (QED) is 0.842. The van der Waals surface area contributed by atoms with E-state index in [1.165, 1.54) is 33.8 Å². The zero-order valence-electron chi connectivity index (χ0n) is 14.0. The van der Waals surface area contributed by atoms with Crippen LogP contribution < -0.4 is 5.32 Å². The van der Waals surface area contributed by atoms with Crippen LogP contribution in [0.4, 0.5) is 0 Å². The molecule has 1 amide bonds. The first-order valence-corrected chi connectivity index (χ1v) is 8.70. The lowest BCUT2D eigenvalue weighted by atomic mass is 10.0. The second kappa shape index (κ2) is 7.14. The van der Waals surface area contributed by atoms with Crippen LogP contribution in [0.1, 0.15) is 37.0 Å². The Labute approximate surface area is 136 Å². The summed E-state index contributed by atoms with van der Waals surface area (Å²) >= 11 is 1.50. The normalized spacial score (nSPS) is 12.4. The third-order valence-electron chi connectivity index (χ3n) is 3.80. The van der Waals surface area contributed by atoms with Crippen LogP contribution in [0.15, 0.2) is 23.2 Å². The van der Waals surface area contributed by atoms with Gasteiger partial charge in [-0.1, -0.05) is 30.3 Å². The molecule has 2 rings (SSSR count). The molecule has 0 aliphatic heterocycles. The van der Waals surface area contributed by atoms with E-state index in [0.717, 1.165) is 17.0 Å². The summed E-state index contributed by atoms with van der Waals surface area (Å²) in [4.78, 5) is 16.6. The number of carbonyl (C=O) groups is 1. The number of rotatable bonds is 5. The number of hydrogen-bond donors (Lipinski definition) is 1. The minimum Gasteiger partial charge on any atom is -0.353 e. The molecule has 22 heavy (non-hydrogen) atoms. The first-order chi connectivity index (χ1) is 10.4. The Morgan fingerprint density at radius 2 is 1.95 bits per heavy atom. The number of aromatic nitrogens is 1. The molecule has 1 N–H and O–H groups in total. The van der Waals surface area contributed by atoms with E-state index < -0.39 is 0 Å². The monoisotopic (exact) mass is 316 g/mol. The van der Waals surface area contributed by atoms with Gasteiger partial charge in [-0.15, -0.1) is 0 Å². The van der Waals surface area contributed by atoms with Gasteiger partial charge in [-0.3, -0.25) is 4.79 Å². The minimum absolute atomic E-state index is 0.0690. The Bertz CT molecular complexity index is 697. The van der Waals surface area contributed by atoms with E-state index in [1.54, 1.807) is 0 Å². The van der Waals surface area contributed by atoms with Gasteiger partial charge in [0, 0.05) is 11.4 Å². The first-order valence-electron chi connectivity index (χ1n) is 7.71. The molecular weight excluding hydrogens is 292 g/mol. The second-order valence-corrected chi connectivity index (χ2v) is 6.92. The van der Waals surface area contributed by atoms with Crippen molar-refractivity contribution in [2.75, 3.05) is 5.75 Å². The number of nitrogens with one attached hydrogen (secondary N) is 1. The lowest BCUT2D eigenvalue weighted by molar-refractivity contribution is -0.119. The fourth-order valence-corrected chi connectivity index (χ4v) is 3.22. The van der Waals surface area contributed by atoms with Gasteiger partial charge in [0.25, 0.3) is 0 Å². The lowest BCUT2D eigenvalue weighted by Gasteiger charge is -2.12. The smallest absolute Gasteiger partial charge is 0.230 e. The Morgan fingerprint density at radius 3 is 2.64 bits per heavy atom. The predicted octanol–water partition coefficient (Wildman–Crippen LogP) is 4.17. The average molecular weight is 316 g/mol. The van der Waals surface area contributed by atoms with Crippen LogP contribution in [0.3, 0.4) is 0 Å². The second-order valence-electron chi connectivity index (χ2n) is 5.92. The van der Waals surface area contributed by atoms with Gasteiger partial charge in [-0.05, 0) is 57.4 Å². The first kappa shape index (κ1) is 16.8. The summed E-state index contributed by atoms with van der Waals surface area (Å²) < 4.78 is 0. The van der Waals surface area contributed by atoms with Crippen LogP contribution in [-0.2, 0) is 4.79 Å². The molecule has 1 heterocycles. The average Bonchev–Trinajstić information content (AvgIpc) is 2.46. The van der Waals surface area contributed by atoms with Crippen molar-refractivity contribution >= 4 is 28.6 Å². The van der Waals surface area contributed by atoms with Gasteiger partial charge in [-0.25, -0.2) is 4.98 Å². The molecule has 4 heteroatoms. The number of benzene rings is 1. The SMILES string of the molecule is CCC(C)NC(=O)CSc1cc(C)c2cc(C)cc(C)c2n1. The van der Waals surface area contributed by atoms with E-state index in [-0.39, 0.29) is 11.9 Å². The highest BCUT2D eigenvalue weighted by Crippen LogP contribution is 2.26. The van der Waals surface area contributed by atoms with Crippen molar-refractivity contribution in [2.45, 2.75) is 52.1 Å². The number of thioether (sulfide) groups is 1. The van der Waals surface area contributed by atoms with E-state index in [0.29, 0.717) is 5.75 Å². The van der Waals surface area contributed by atoms with E-state index >= 15 is 0 Å². The number of carbonyl (C=O) groups excluding carboxylic acids is 1. The molecule has 0 spiro atoms. The van der Waals surface area contributed by atoms with E-state index in [2.05, 4.69) is 51.2 Å². The predicted molar refractivity (Wildman–Crippen MR) is 94.6 cm³/mol. The summed E-state index contributed by atoms with van der Waals surface area (Å²) in [5.41, 5.74) is 4.69. The molecule has 0 aliphatic rings. The molecule has 1 aromatic carbocycles. The minimum atomic E-state index is 0.0690. The molecule has 1 atom stereocenters. The third kappa shape index (κ3) is 4.01. The highest BCUT2D eigenvalue weighted by molar-refractivity contribution is 7.99. The fourth-order valence-electron chi connectivity index (χ4n) is 2.45. The van der Waals surface area contributed by atoms with Crippen LogP contribution in [0.25, 0.3) is 10.9 Å². The van der Waals surface area contributed by atoms with Gasteiger partial charge in [0.2, 0.25) is 5.91 Å². The van der Waals surface area contributed by atoms with Gasteiger partial charge in [-0.2, -0.15) is 0 Å². The van der Waals surface area contributed by atoms with Gasteiger partial charge >= 0.3 is 0 Å². The summed E-state index contributed by atoms with van der Waals surface area (Å²) in [6.07, 6.45) is 0.947. The topological polar surface area (TPSA) is 42.0 Å². The Hall–Kier alpha value is -1.55. The molecule has 0 bridgehead atoms. The summed E-state index contributed by atoms with van der Waals surface area (Å²) in [6.45, 7) is 10.4. The van der Waals surface area contributed by atoms with Crippen molar-refractivity contribution in [1.29, 1.82) is 0 Å². The van der Waals surface area contributed by atoms with Crippen LogP contribution >= 0.6 is 11.8 Å². The standard InChI is InChI=1S/C18H24N2OS/c1-6-14(5)19-16(21)10-22-17-9-12(3)15-8-11(2)7-13(4)18(15)20-17/h7-9,14H,6,10H2,1-5H3,(H,19,21). The van der Waals surface area contributed by atoms with Crippen LogP contribution in [0, 0.1) is 20.8 Å². The van der Waals surface area contributed by atoms with Crippen molar-refractivity contribution in [3.05, 3.63) is 34.9 Å². The van der Waals surface area contributed by atoms with Crippen molar-refractivity contribution < 1.29 is 4.79 Å². The molecule has 2 aromatic rings. The molecule has 3 nitrogen and oxygen atoms in total. The van der Waals surface area contributed by atoms with Crippen molar-refractivity contribution in [1.82, 2.24) is 10.3 Å². The van der Waals surface area contributed by atoms with Crippen LogP contribution in [0.2, 0.25) is 0 Å². The van der Waals surface area contributed by atoms with E-state index in [4.69, 9.17) is 4.98 Å². The van der Waals surface area contributed by atoms with Crippen LogP contribution in [-0.4, -0.2) is 22.7 Å². The fraction of sp³-hybridized carbons (Fsp3) is 0.444. The molecule has 0 fully saturated rings. The van der Waals surface area contributed by atoms with Gasteiger partial charge < -0.3 is 5.32 Å². The Morgan fingerprint density at radius 1 is 1.23 bits per heavy atom. The van der Waals surface area contributed by atoms with Crippen molar-refractivity contribution in [3.8, 4) is 0 Å². The van der Waals surface area contributed by atoms with Gasteiger partial charge in [0.1, 0.15) is 0 Å². The largest absolute Gasteiger partial charge is 0.353 e. The Kier molecular flexibility index (Phi) is 5.46. The summed E-state index contributed by atoms with van der Waals surface area (Å²) in [7, 11) is 0. The molecule has 1 aromatic heterocycles. The number of pyridine rings is 1. The molecule has 0 radical (unpaired) electrons. The number of aryl methyl sites for hydroxylation is 3. The van der Waals surface area contributed by atoms with E-state index in [9.17, 15) is 4.79 Å². The summed E-state index contributed by atoms with van der Waals surface area (Å²) in [5, 5.41) is 5.10. The number of amides is 1. The van der Waals surface area contributed by atoms with Gasteiger partial charge in [0.15, 0.2) is 0 Å². The molecule has 0 aliphatic carbocycles. The maximum absolute atomic E-state index is 11.9. The lowest BCUT2D eigenvalue weighted by Crippen LogP contribution is -2.33. The molecular formula is C18H24N2OS. The maximum atomic E-state index is 11.9. The molecule has 118 valence electrons. The van der Waals surface area contributed by atoms with Gasteiger partial charge in [0.05, 0.1) is 16.3 Å². The highest BCUT2D eigenvalue weighted by Gasteiger charge is 2.10. The van der Waals surface area contributed by atoms with E-state index in [1.807, 2.05) is 6.92 Å². The maximum Gasteiger partial charge on any atom is 0.230 e. The van der Waals surface area contributed by atoms with Crippen LogP contribution in [0.5, 0.6) is 0 Å². The number of fused-ring (bicyclic) bond motifs is 1. The zero-order chi connectivity index (χ0) is 16.3. The molecule has 1 unspecified atom stereocenters. The molecule has 0 saturated carbocycles. The van der Waals surface area contributed by atoms with Crippen molar-refractivity contribution in [2.24, 2.45) is 0 Å². The van der Waals surface area contributed by atoms with Crippen molar-refractivity contribution in [3.63, 3.8) is 0 Å². The number of hydrogen-bond acceptors (Lipinski definition) is 3. The number of nitrogens with zero attached hydrogens (tertiary/aromatic N) is 1. The molecule has 0 saturated heterocycles. The summed E-state index contributed by atoms with van der Waals surface area (Å²) in [5.74, 6) is 0.479.